The summed E-state index contributed by atoms with van der Waals surface area (Å²) in [6.07, 6.45) is 5.44. The molecule has 0 saturated carbocycles. The van der Waals surface area contributed by atoms with E-state index < -0.39 is 0 Å². The minimum Gasteiger partial charge on any atom is -0.380 e. The van der Waals surface area contributed by atoms with Gasteiger partial charge in [0.15, 0.2) is 5.84 Å². The minimum absolute atomic E-state index is 0.277. The van der Waals surface area contributed by atoms with Gasteiger partial charge in [-0.3, -0.25) is 4.98 Å². The molecule has 6 heteroatoms. The lowest BCUT2D eigenvalue weighted by Gasteiger charge is -2.05. The van der Waals surface area contributed by atoms with E-state index in [1.807, 2.05) is 42.5 Å². The third-order valence-corrected chi connectivity index (χ3v) is 4.59. The Labute approximate surface area is 167 Å². The van der Waals surface area contributed by atoms with Gasteiger partial charge in [0.25, 0.3) is 0 Å². The molecule has 2 heterocycles. The van der Waals surface area contributed by atoms with Gasteiger partial charge < -0.3 is 10.3 Å². The minimum atomic E-state index is 0.277. The molecule has 0 bridgehead atoms. The molecular weight excluding hydrogens is 370 g/mol. The fraction of sp³-hybridized carbons (Fsp3) is 0.0455. The molecule has 0 spiro atoms. The first-order valence-corrected chi connectivity index (χ1v) is 9.19. The standard InChI is InChI=1S/C22H18ClN5/c23-18-7-5-6-16(12-18)14-28-15-17(19-8-1-2-10-21(19)28)13-26-27-22(24)20-9-3-4-11-25-20/h1-13,15H,14H2,(H2,24,27)/b26-13-. The molecule has 2 N–H and O–H groups in total. The smallest absolute Gasteiger partial charge is 0.171 e. The predicted molar refractivity (Wildman–Crippen MR) is 115 cm³/mol. The van der Waals surface area contributed by atoms with Crippen LogP contribution in [0.25, 0.3) is 10.9 Å². The summed E-state index contributed by atoms with van der Waals surface area (Å²) in [4.78, 5) is 4.17. The highest BCUT2D eigenvalue weighted by Gasteiger charge is 2.07. The van der Waals surface area contributed by atoms with Crippen molar-refractivity contribution in [3.63, 3.8) is 0 Å². The zero-order valence-electron chi connectivity index (χ0n) is 15.0. The molecule has 138 valence electrons. The second-order valence-electron chi connectivity index (χ2n) is 6.30. The maximum absolute atomic E-state index is 6.12. The summed E-state index contributed by atoms with van der Waals surface area (Å²) in [6.45, 7) is 0.717. The van der Waals surface area contributed by atoms with Crippen LogP contribution in [0, 0.1) is 0 Å². The first-order chi connectivity index (χ1) is 13.7. The van der Waals surface area contributed by atoms with Crippen LogP contribution in [0.2, 0.25) is 5.02 Å². The zero-order valence-corrected chi connectivity index (χ0v) is 15.8. The second-order valence-corrected chi connectivity index (χ2v) is 6.74. The monoisotopic (exact) mass is 387 g/mol. The maximum Gasteiger partial charge on any atom is 0.171 e. The second kappa shape index (κ2) is 8.06. The Morgan fingerprint density at radius 3 is 2.75 bits per heavy atom. The summed E-state index contributed by atoms with van der Waals surface area (Å²) >= 11 is 6.12. The van der Waals surface area contributed by atoms with E-state index in [2.05, 4.69) is 44.1 Å². The van der Waals surface area contributed by atoms with Crippen molar-refractivity contribution in [2.24, 2.45) is 15.9 Å². The number of pyridine rings is 1. The van der Waals surface area contributed by atoms with Crippen molar-refractivity contribution in [1.82, 2.24) is 9.55 Å². The number of nitrogens with zero attached hydrogens (tertiary/aromatic N) is 4. The first-order valence-electron chi connectivity index (χ1n) is 8.81. The number of halogens is 1. The van der Waals surface area contributed by atoms with E-state index in [1.165, 1.54) is 0 Å². The van der Waals surface area contributed by atoms with E-state index in [-0.39, 0.29) is 5.84 Å². The molecule has 0 aliphatic carbocycles. The molecule has 28 heavy (non-hydrogen) atoms. The van der Waals surface area contributed by atoms with E-state index in [1.54, 1.807) is 18.5 Å². The average Bonchev–Trinajstić information content (AvgIpc) is 3.06. The summed E-state index contributed by atoms with van der Waals surface area (Å²) in [7, 11) is 0. The fourth-order valence-electron chi connectivity index (χ4n) is 3.06. The number of aromatic nitrogens is 2. The molecule has 4 rings (SSSR count). The van der Waals surface area contributed by atoms with Crippen molar-refractivity contribution >= 4 is 34.6 Å². The van der Waals surface area contributed by atoms with Gasteiger partial charge in [0, 0.05) is 40.4 Å². The normalized spacial score (nSPS) is 12.1. The third kappa shape index (κ3) is 3.94. The third-order valence-electron chi connectivity index (χ3n) is 4.35. The quantitative estimate of drug-likeness (QED) is 0.311. The van der Waals surface area contributed by atoms with Crippen LogP contribution in [-0.4, -0.2) is 21.6 Å². The van der Waals surface area contributed by atoms with E-state index in [0.717, 1.165) is 27.1 Å². The van der Waals surface area contributed by atoms with Gasteiger partial charge in [-0.2, -0.15) is 5.10 Å². The predicted octanol–water partition coefficient (Wildman–Crippen LogP) is 4.48. The van der Waals surface area contributed by atoms with E-state index in [4.69, 9.17) is 17.3 Å². The van der Waals surface area contributed by atoms with E-state index in [0.29, 0.717) is 12.2 Å². The summed E-state index contributed by atoms with van der Waals surface area (Å²) < 4.78 is 2.17. The van der Waals surface area contributed by atoms with E-state index in [9.17, 15) is 0 Å². The lowest BCUT2D eigenvalue weighted by Crippen LogP contribution is -2.14. The van der Waals surface area contributed by atoms with Crippen LogP contribution in [0.3, 0.4) is 0 Å². The number of nitrogens with two attached hydrogens (primary N) is 1. The van der Waals surface area contributed by atoms with Gasteiger partial charge in [0.2, 0.25) is 0 Å². The van der Waals surface area contributed by atoms with Gasteiger partial charge in [0.05, 0.1) is 6.21 Å². The fourth-order valence-corrected chi connectivity index (χ4v) is 3.27. The molecule has 0 aliphatic rings. The molecule has 0 amide bonds. The van der Waals surface area contributed by atoms with Crippen LogP contribution in [0.15, 0.2) is 89.3 Å². The summed E-state index contributed by atoms with van der Waals surface area (Å²) in [6, 6.07) is 21.5. The number of hydrogen-bond donors (Lipinski definition) is 1. The SMILES string of the molecule is N/C(=N\N=C/c1cn(Cc2cccc(Cl)c2)c2ccccc12)c1ccccn1. The van der Waals surface area contributed by atoms with Crippen molar-refractivity contribution in [2.45, 2.75) is 6.54 Å². The van der Waals surface area contributed by atoms with Crippen molar-refractivity contribution in [3.05, 3.63) is 101 Å². The molecule has 5 nitrogen and oxygen atoms in total. The molecule has 2 aromatic heterocycles. The van der Waals surface area contributed by atoms with Gasteiger partial charge in [-0.1, -0.05) is 48.0 Å². The van der Waals surface area contributed by atoms with Gasteiger partial charge in [-0.25, -0.2) is 0 Å². The van der Waals surface area contributed by atoms with Gasteiger partial charge in [0.1, 0.15) is 5.69 Å². The highest BCUT2D eigenvalue weighted by Crippen LogP contribution is 2.22. The first kappa shape index (κ1) is 17.9. The highest BCUT2D eigenvalue weighted by atomic mass is 35.5. The molecule has 0 aliphatic heterocycles. The van der Waals surface area contributed by atoms with Crippen LogP contribution >= 0.6 is 11.6 Å². The number of para-hydroxylation sites is 1. The van der Waals surface area contributed by atoms with Crippen LogP contribution in [-0.2, 0) is 6.54 Å². The Bertz CT molecular complexity index is 1160. The Kier molecular flexibility index (Phi) is 5.17. The number of amidine groups is 1. The molecular formula is C22H18ClN5. The molecule has 0 fully saturated rings. The zero-order chi connectivity index (χ0) is 19.3. The lowest BCUT2D eigenvalue weighted by molar-refractivity contribution is 0.836. The van der Waals surface area contributed by atoms with Crippen molar-refractivity contribution < 1.29 is 0 Å². The van der Waals surface area contributed by atoms with Crippen LogP contribution in [0.5, 0.6) is 0 Å². The van der Waals surface area contributed by atoms with Crippen molar-refractivity contribution in [1.29, 1.82) is 0 Å². The summed E-state index contributed by atoms with van der Waals surface area (Å²) in [5.41, 5.74) is 9.77. The Morgan fingerprint density at radius 2 is 1.93 bits per heavy atom. The Hall–Kier alpha value is -3.44. The van der Waals surface area contributed by atoms with Crippen LogP contribution < -0.4 is 5.73 Å². The lowest BCUT2D eigenvalue weighted by atomic mass is 10.2. The van der Waals surface area contributed by atoms with Gasteiger partial charge in [-0.05, 0) is 35.9 Å². The summed E-state index contributed by atoms with van der Waals surface area (Å²) in [5, 5.41) is 10.1. The number of hydrogen-bond acceptors (Lipinski definition) is 3. The maximum atomic E-state index is 6.12. The van der Waals surface area contributed by atoms with Gasteiger partial charge >= 0.3 is 0 Å². The van der Waals surface area contributed by atoms with Crippen LogP contribution in [0.4, 0.5) is 0 Å². The van der Waals surface area contributed by atoms with Crippen LogP contribution in [0.1, 0.15) is 16.8 Å². The molecule has 0 radical (unpaired) electrons. The molecule has 0 saturated heterocycles. The topological polar surface area (TPSA) is 68.6 Å². The highest BCUT2D eigenvalue weighted by molar-refractivity contribution is 6.30. The van der Waals surface area contributed by atoms with E-state index >= 15 is 0 Å². The molecule has 0 atom stereocenters. The Balaban J connectivity index is 1.64. The molecule has 4 aromatic rings. The molecule has 2 aromatic carbocycles. The largest absolute Gasteiger partial charge is 0.380 e. The summed E-state index contributed by atoms with van der Waals surface area (Å²) in [5.74, 6) is 0.277. The number of fused-ring (bicyclic) bond motifs is 1. The average molecular weight is 388 g/mol. The Morgan fingerprint density at radius 1 is 1.07 bits per heavy atom. The van der Waals surface area contributed by atoms with Crippen molar-refractivity contribution in [3.8, 4) is 0 Å². The number of benzene rings is 2. The number of rotatable bonds is 5. The van der Waals surface area contributed by atoms with Crippen molar-refractivity contribution in [2.75, 3.05) is 0 Å². The molecule has 0 unspecified atom stereocenters. The van der Waals surface area contributed by atoms with Gasteiger partial charge in [-0.15, -0.1) is 5.10 Å².